The summed E-state index contributed by atoms with van der Waals surface area (Å²) in [6.07, 6.45) is 2.12. The van der Waals surface area contributed by atoms with E-state index in [0.717, 1.165) is 30.7 Å². The molecule has 0 unspecified atom stereocenters. The molecule has 3 rings (SSSR count). The third kappa shape index (κ3) is 2.19. The molecule has 2 aromatic rings. The van der Waals surface area contributed by atoms with Crippen LogP contribution in [0.2, 0.25) is 0 Å². The quantitative estimate of drug-likeness (QED) is 0.789. The van der Waals surface area contributed by atoms with Gasteiger partial charge in [-0.2, -0.15) is 0 Å². The first-order valence-electron chi connectivity index (χ1n) is 6.08. The first-order valence-corrected chi connectivity index (χ1v) is 6.08. The van der Waals surface area contributed by atoms with Crippen molar-refractivity contribution in [3.63, 3.8) is 0 Å². The number of aromatic carboxylic acids is 1. The first kappa shape index (κ1) is 13.8. The summed E-state index contributed by atoms with van der Waals surface area (Å²) in [7, 11) is 0. The van der Waals surface area contributed by atoms with Gasteiger partial charge in [-0.3, -0.25) is 0 Å². The average Bonchev–Trinajstić information content (AvgIpc) is 2.94. The molecule has 0 radical (unpaired) electrons. The van der Waals surface area contributed by atoms with Gasteiger partial charge in [0.25, 0.3) is 0 Å². The summed E-state index contributed by atoms with van der Waals surface area (Å²) in [5.74, 6) is -0.119. The molecule has 0 spiro atoms. The maximum absolute atomic E-state index is 11.2. The number of carboxylic acid groups (broad SMARTS) is 1. The molecule has 1 aliphatic rings. The van der Waals surface area contributed by atoms with E-state index in [-0.39, 0.29) is 23.5 Å². The molecule has 0 saturated carbocycles. The number of halogens is 1. The van der Waals surface area contributed by atoms with Gasteiger partial charge in [0.2, 0.25) is 0 Å². The summed E-state index contributed by atoms with van der Waals surface area (Å²) in [5.41, 5.74) is 1.39. The first-order chi connectivity index (χ1) is 8.60. The molecule has 1 atom stereocenters. The lowest BCUT2D eigenvalue weighted by Crippen LogP contribution is -2.34. The molecule has 1 fully saturated rings. The standard InChI is InChI=1S/C13H15N3O2.ClH/c1-13(6-3-7-14-13)12-15-9-5-2-4-8(11(17)18)10(9)16-12;/h2,4-5,14H,3,6-7H2,1H3,(H,15,16)(H,17,18);1H/t13-;/m1./s1. The fourth-order valence-electron chi connectivity index (χ4n) is 2.56. The van der Waals surface area contributed by atoms with Gasteiger partial charge in [0.1, 0.15) is 11.3 Å². The van der Waals surface area contributed by atoms with Gasteiger partial charge in [-0.25, -0.2) is 9.78 Å². The maximum atomic E-state index is 11.2. The third-order valence-corrected chi connectivity index (χ3v) is 3.63. The summed E-state index contributed by atoms with van der Waals surface area (Å²) in [6.45, 7) is 3.07. The van der Waals surface area contributed by atoms with Crippen LogP contribution in [0.5, 0.6) is 0 Å². The largest absolute Gasteiger partial charge is 0.478 e. The summed E-state index contributed by atoms with van der Waals surface area (Å²) < 4.78 is 0. The molecule has 5 nitrogen and oxygen atoms in total. The Labute approximate surface area is 116 Å². The Kier molecular flexibility index (Phi) is 3.52. The fourth-order valence-corrected chi connectivity index (χ4v) is 2.56. The van der Waals surface area contributed by atoms with Gasteiger partial charge in [-0.05, 0) is 38.4 Å². The number of aromatic amines is 1. The number of carboxylic acids is 1. The number of benzene rings is 1. The predicted octanol–water partition coefficient (Wildman–Crippen LogP) is 2.28. The van der Waals surface area contributed by atoms with Crippen molar-refractivity contribution in [2.45, 2.75) is 25.3 Å². The maximum Gasteiger partial charge on any atom is 0.337 e. The molecule has 6 heteroatoms. The zero-order valence-electron chi connectivity index (χ0n) is 10.6. The van der Waals surface area contributed by atoms with Crippen molar-refractivity contribution in [3.05, 3.63) is 29.6 Å². The Morgan fingerprint density at radius 3 is 2.89 bits per heavy atom. The van der Waals surface area contributed by atoms with E-state index in [1.807, 2.05) is 6.07 Å². The minimum atomic E-state index is -0.941. The van der Waals surface area contributed by atoms with Gasteiger partial charge in [0, 0.05) is 0 Å². The second kappa shape index (κ2) is 4.83. The van der Waals surface area contributed by atoms with E-state index >= 15 is 0 Å². The molecule has 19 heavy (non-hydrogen) atoms. The van der Waals surface area contributed by atoms with E-state index < -0.39 is 5.97 Å². The number of hydrogen-bond acceptors (Lipinski definition) is 3. The molecule has 0 amide bonds. The number of nitrogens with one attached hydrogen (secondary N) is 2. The Morgan fingerprint density at radius 1 is 1.47 bits per heavy atom. The number of para-hydroxylation sites is 1. The van der Waals surface area contributed by atoms with E-state index in [1.54, 1.807) is 12.1 Å². The molecule has 1 saturated heterocycles. The summed E-state index contributed by atoms with van der Waals surface area (Å²) in [5, 5.41) is 12.6. The molecule has 1 aliphatic heterocycles. The minimum absolute atomic E-state index is 0. The highest BCUT2D eigenvalue weighted by molar-refractivity contribution is 6.00. The normalized spacial score (nSPS) is 22.4. The molecule has 0 aliphatic carbocycles. The lowest BCUT2D eigenvalue weighted by molar-refractivity contribution is 0.0699. The van der Waals surface area contributed by atoms with Crippen molar-refractivity contribution in [3.8, 4) is 0 Å². The van der Waals surface area contributed by atoms with E-state index in [0.29, 0.717) is 5.52 Å². The lowest BCUT2D eigenvalue weighted by Gasteiger charge is -2.21. The van der Waals surface area contributed by atoms with Crippen molar-refractivity contribution in [1.82, 2.24) is 15.3 Å². The lowest BCUT2D eigenvalue weighted by atomic mass is 10.00. The molecule has 2 heterocycles. The van der Waals surface area contributed by atoms with Crippen molar-refractivity contribution in [1.29, 1.82) is 0 Å². The van der Waals surface area contributed by atoms with Crippen LogP contribution in [0.15, 0.2) is 18.2 Å². The monoisotopic (exact) mass is 281 g/mol. The minimum Gasteiger partial charge on any atom is -0.478 e. The Hall–Kier alpha value is -1.59. The Balaban J connectivity index is 0.00000133. The number of carbonyl (C=O) groups is 1. The van der Waals surface area contributed by atoms with Crippen molar-refractivity contribution in [2.24, 2.45) is 0 Å². The molecule has 3 N–H and O–H groups in total. The highest BCUT2D eigenvalue weighted by Gasteiger charge is 2.33. The van der Waals surface area contributed by atoms with Gasteiger partial charge in [-0.15, -0.1) is 12.4 Å². The van der Waals surface area contributed by atoms with Crippen LogP contribution in [0.1, 0.15) is 35.9 Å². The van der Waals surface area contributed by atoms with Crippen LogP contribution >= 0.6 is 12.4 Å². The topological polar surface area (TPSA) is 78.0 Å². The summed E-state index contributed by atoms with van der Waals surface area (Å²) >= 11 is 0. The molecular weight excluding hydrogens is 266 g/mol. The highest BCUT2D eigenvalue weighted by atomic mass is 35.5. The number of rotatable bonds is 2. The van der Waals surface area contributed by atoms with Gasteiger partial charge < -0.3 is 15.4 Å². The zero-order chi connectivity index (χ0) is 12.8. The second-order valence-electron chi connectivity index (χ2n) is 4.95. The van der Waals surface area contributed by atoms with Gasteiger partial charge in [0.05, 0.1) is 16.6 Å². The van der Waals surface area contributed by atoms with Gasteiger partial charge in [0.15, 0.2) is 0 Å². The Bertz CT molecular complexity index is 617. The number of aromatic nitrogens is 2. The van der Waals surface area contributed by atoms with Crippen molar-refractivity contribution < 1.29 is 9.90 Å². The second-order valence-corrected chi connectivity index (χ2v) is 4.95. The zero-order valence-corrected chi connectivity index (χ0v) is 11.4. The van der Waals surface area contributed by atoms with Crippen LogP contribution in [0, 0.1) is 0 Å². The van der Waals surface area contributed by atoms with Crippen LogP contribution in [0.4, 0.5) is 0 Å². The number of H-pyrrole nitrogens is 1. The predicted molar refractivity (Wildman–Crippen MR) is 74.9 cm³/mol. The van der Waals surface area contributed by atoms with Crippen LogP contribution < -0.4 is 5.32 Å². The Morgan fingerprint density at radius 2 is 2.26 bits per heavy atom. The van der Waals surface area contributed by atoms with Crippen LogP contribution in [0.3, 0.4) is 0 Å². The van der Waals surface area contributed by atoms with Gasteiger partial charge >= 0.3 is 5.97 Å². The van der Waals surface area contributed by atoms with Crippen molar-refractivity contribution >= 4 is 29.4 Å². The molecule has 1 aromatic carbocycles. The number of fused-ring (bicyclic) bond motifs is 1. The molecule has 0 bridgehead atoms. The number of hydrogen-bond donors (Lipinski definition) is 3. The third-order valence-electron chi connectivity index (χ3n) is 3.63. The van der Waals surface area contributed by atoms with E-state index in [2.05, 4.69) is 22.2 Å². The smallest absolute Gasteiger partial charge is 0.337 e. The highest BCUT2D eigenvalue weighted by Crippen LogP contribution is 2.30. The number of nitrogens with zero attached hydrogens (tertiary/aromatic N) is 1. The summed E-state index contributed by atoms with van der Waals surface area (Å²) in [4.78, 5) is 18.9. The van der Waals surface area contributed by atoms with Crippen LogP contribution in [-0.2, 0) is 5.54 Å². The average molecular weight is 282 g/mol. The molecule has 102 valence electrons. The molecular formula is C13H16ClN3O2. The van der Waals surface area contributed by atoms with Crippen LogP contribution in [-0.4, -0.2) is 27.6 Å². The van der Waals surface area contributed by atoms with E-state index in [4.69, 9.17) is 5.11 Å². The van der Waals surface area contributed by atoms with E-state index in [1.165, 1.54) is 0 Å². The van der Waals surface area contributed by atoms with Gasteiger partial charge in [-0.1, -0.05) is 6.07 Å². The fraction of sp³-hybridized carbons (Fsp3) is 0.385. The molecule has 1 aromatic heterocycles. The summed E-state index contributed by atoms with van der Waals surface area (Å²) in [6, 6.07) is 5.18. The SMILES string of the molecule is C[C@]1(c2nc3c(C(=O)O)cccc3[nH]2)CCCN1.Cl. The number of imidazole rings is 1. The van der Waals surface area contributed by atoms with Crippen LogP contribution in [0.25, 0.3) is 11.0 Å². The van der Waals surface area contributed by atoms with E-state index in [9.17, 15) is 4.79 Å². The van der Waals surface area contributed by atoms with Crippen molar-refractivity contribution in [2.75, 3.05) is 6.54 Å².